The third-order valence-electron chi connectivity index (χ3n) is 4.53. The molecule has 0 aliphatic rings. The van der Waals surface area contributed by atoms with Crippen LogP contribution >= 0.6 is 24.0 Å². The molecular weight excluding hydrogens is 465 g/mol. The van der Waals surface area contributed by atoms with Crippen LogP contribution in [0.4, 0.5) is 0 Å². The second-order valence-electron chi connectivity index (χ2n) is 7.41. The lowest BCUT2D eigenvalue weighted by Gasteiger charge is -2.30. The first kappa shape index (κ1) is 26.9. The van der Waals surface area contributed by atoms with Crippen LogP contribution in [0.5, 0.6) is 0 Å². The zero-order valence-corrected chi connectivity index (χ0v) is 20.6. The van der Waals surface area contributed by atoms with Crippen LogP contribution in [0.25, 0.3) is 0 Å². The molecule has 0 saturated carbocycles. The first-order chi connectivity index (χ1) is 13.0. The van der Waals surface area contributed by atoms with Gasteiger partial charge in [-0.05, 0) is 59.9 Å². The largest absolute Gasteiger partial charge is 0.357 e. The second-order valence-corrected chi connectivity index (χ2v) is 7.41. The maximum Gasteiger partial charge on any atom is 0.250 e. The lowest BCUT2D eigenvalue weighted by molar-refractivity contribution is 0.174. The van der Waals surface area contributed by atoms with Crippen molar-refractivity contribution < 1.29 is 0 Å². The molecule has 0 spiro atoms. The Morgan fingerprint density at radius 3 is 2.43 bits per heavy atom. The minimum atomic E-state index is 0. The molecule has 0 amide bonds. The van der Waals surface area contributed by atoms with Gasteiger partial charge in [-0.2, -0.15) is 0 Å². The first-order valence-corrected chi connectivity index (χ1v) is 10.4. The molecule has 1 heterocycles. The third-order valence-corrected chi connectivity index (χ3v) is 4.53. The van der Waals surface area contributed by atoms with Gasteiger partial charge < -0.3 is 15.2 Å². The summed E-state index contributed by atoms with van der Waals surface area (Å²) in [6.07, 6.45) is 4.87. The number of rotatable bonds is 12. The molecule has 7 heteroatoms. The summed E-state index contributed by atoms with van der Waals surface area (Å²) in [5, 5.41) is 6.70. The van der Waals surface area contributed by atoms with E-state index in [2.05, 4.69) is 55.1 Å². The number of unbranched alkanes of at least 4 members (excludes halogenated alkanes) is 1. The molecule has 0 radical (unpaired) electrons. The van der Waals surface area contributed by atoms with Crippen LogP contribution in [0.15, 0.2) is 34.2 Å². The molecule has 2 N–H and O–H groups in total. The molecule has 1 aromatic rings. The maximum atomic E-state index is 11.7. The Hall–Kier alpha value is -1.09. The second kappa shape index (κ2) is 15.8. The van der Waals surface area contributed by atoms with E-state index in [0.29, 0.717) is 12.1 Å². The van der Waals surface area contributed by atoms with E-state index in [1.54, 1.807) is 16.7 Å². The summed E-state index contributed by atoms with van der Waals surface area (Å²) >= 11 is 0. The van der Waals surface area contributed by atoms with Gasteiger partial charge in [0.05, 0.1) is 0 Å². The minimum Gasteiger partial charge on any atom is -0.357 e. The fourth-order valence-corrected chi connectivity index (χ4v) is 3.16. The molecule has 6 nitrogen and oxygen atoms in total. The highest BCUT2D eigenvalue weighted by Crippen LogP contribution is 2.05. The topological polar surface area (TPSA) is 61.7 Å². The molecule has 0 aromatic carbocycles. The number of guanidine groups is 1. The summed E-state index contributed by atoms with van der Waals surface area (Å²) in [7, 11) is 0. The average Bonchev–Trinajstić information content (AvgIpc) is 2.61. The third kappa shape index (κ3) is 11.0. The number of aromatic nitrogens is 1. The van der Waals surface area contributed by atoms with Crippen LogP contribution in [-0.4, -0.2) is 53.7 Å². The van der Waals surface area contributed by atoms with Gasteiger partial charge in [-0.1, -0.05) is 6.07 Å². The van der Waals surface area contributed by atoms with E-state index in [-0.39, 0.29) is 29.5 Å². The molecular formula is C21H40IN5O. The Balaban J connectivity index is 0.00000729. The van der Waals surface area contributed by atoms with Crippen LogP contribution in [0.3, 0.4) is 0 Å². The van der Waals surface area contributed by atoms with E-state index >= 15 is 0 Å². The Kier molecular flexibility index (Phi) is 15.2. The number of halogens is 1. The van der Waals surface area contributed by atoms with E-state index in [1.807, 2.05) is 12.3 Å². The number of aliphatic imine (C=N–C) groups is 1. The monoisotopic (exact) mass is 505 g/mol. The molecule has 0 saturated heterocycles. The Morgan fingerprint density at radius 1 is 1.11 bits per heavy atom. The molecule has 162 valence electrons. The molecule has 0 bridgehead atoms. The van der Waals surface area contributed by atoms with E-state index in [1.165, 1.54) is 0 Å². The molecule has 28 heavy (non-hydrogen) atoms. The van der Waals surface area contributed by atoms with Crippen LogP contribution in [0.2, 0.25) is 0 Å². The van der Waals surface area contributed by atoms with Crippen molar-refractivity contribution in [2.45, 2.75) is 72.5 Å². The van der Waals surface area contributed by atoms with Crippen LogP contribution in [0.1, 0.15) is 53.9 Å². The lowest BCUT2D eigenvalue weighted by atomic mass is 10.2. The Bertz CT molecular complexity index is 592. The maximum absolute atomic E-state index is 11.7. The van der Waals surface area contributed by atoms with Crippen LogP contribution in [-0.2, 0) is 6.54 Å². The first-order valence-electron chi connectivity index (χ1n) is 10.4. The summed E-state index contributed by atoms with van der Waals surface area (Å²) in [6.45, 7) is 15.4. The number of hydrogen-bond acceptors (Lipinski definition) is 3. The summed E-state index contributed by atoms with van der Waals surface area (Å²) in [6, 6.07) is 6.42. The predicted molar refractivity (Wildman–Crippen MR) is 131 cm³/mol. The zero-order valence-electron chi connectivity index (χ0n) is 18.3. The number of hydrogen-bond donors (Lipinski definition) is 2. The van der Waals surface area contributed by atoms with Gasteiger partial charge in [0.1, 0.15) is 0 Å². The molecule has 0 unspecified atom stereocenters. The molecule has 0 aliphatic carbocycles. The smallest absolute Gasteiger partial charge is 0.250 e. The van der Waals surface area contributed by atoms with Crippen molar-refractivity contribution in [3.8, 4) is 0 Å². The van der Waals surface area contributed by atoms with Crippen molar-refractivity contribution in [3.63, 3.8) is 0 Å². The van der Waals surface area contributed by atoms with Gasteiger partial charge in [0.2, 0.25) is 5.56 Å². The van der Waals surface area contributed by atoms with E-state index in [9.17, 15) is 4.79 Å². The number of nitrogens with zero attached hydrogens (tertiary/aromatic N) is 3. The molecule has 0 fully saturated rings. The van der Waals surface area contributed by atoms with E-state index in [4.69, 9.17) is 0 Å². The fraction of sp³-hybridized carbons (Fsp3) is 0.714. The standard InChI is InChI=1S/C21H39N5O.HI/c1-6-22-21(24-14-11-17-26(18(2)3)19(4)5)23-13-8-10-16-25-15-9-7-12-20(25)27;/h7,9,12,15,18-19H,6,8,10-11,13-14,16-17H2,1-5H3,(H2,22,23,24);1H. The molecule has 0 atom stereocenters. The number of pyridine rings is 1. The van der Waals surface area contributed by atoms with Gasteiger partial charge in [-0.25, -0.2) is 0 Å². The summed E-state index contributed by atoms with van der Waals surface area (Å²) in [5.74, 6) is 0.884. The quantitative estimate of drug-likeness (QED) is 0.198. The minimum absolute atomic E-state index is 0. The van der Waals surface area contributed by atoms with Gasteiger partial charge in [0.15, 0.2) is 5.96 Å². The SMILES string of the molecule is CCNC(=NCCCN(C(C)C)C(C)C)NCCCCn1ccccc1=O.I. The molecule has 1 aromatic heterocycles. The zero-order chi connectivity index (χ0) is 20.1. The van der Waals surface area contributed by atoms with Crippen molar-refractivity contribution >= 4 is 29.9 Å². The van der Waals surface area contributed by atoms with Crippen LogP contribution in [0, 0.1) is 0 Å². The lowest BCUT2D eigenvalue weighted by Crippen LogP contribution is -2.39. The fourth-order valence-electron chi connectivity index (χ4n) is 3.16. The predicted octanol–water partition coefficient (Wildman–Crippen LogP) is 3.31. The normalized spacial score (nSPS) is 11.8. The average molecular weight is 505 g/mol. The van der Waals surface area contributed by atoms with E-state index < -0.39 is 0 Å². The van der Waals surface area contributed by atoms with Crippen molar-refractivity contribution in [1.29, 1.82) is 0 Å². The highest BCUT2D eigenvalue weighted by molar-refractivity contribution is 14.0. The molecule has 0 aliphatic heterocycles. The van der Waals surface area contributed by atoms with Gasteiger partial charge in [-0.15, -0.1) is 24.0 Å². The summed E-state index contributed by atoms with van der Waals surface area (Å²) in [4.78, 5) is 18.9. The molecule has 1 rings (SSSR count). The van der Waals surface area contributed by atoms with Crippen molar-refractivity contribution in [1.82, 2.24) is 20.1 Å². The van der Waals surface area contributed by atoms with Crippen molar-refractivity contribution in [2.75, 3.05) is 26.2 Å². The number of aryl methyl sites for hydroxylation is 1. The highest BCUT2D eigenvalue weighted by Gasteiger charge is 2.12. The summed E-state index contributed by atoms with van der Waals surface area (Å²) in [5.41, 5.74) is 0.0669. The summed E-state index contributed by atoms with van der Waals surface area (Å²) < 4.78 is 1.76. The Labute approximate surface area is 188 Å². The van der Waals surface area contributed by atoms with Crippen LogP contribution < -0.4 is 16.2 Å². The Morgan fingerprint density at radius 2 is 1.82 bits per heavy atom. The van der Waals surface area contributed by atoms with Gasteiger partial charge in [0.25, 0.3) is 0 Å². The van der Waals surface area contributed by atoms with Gasteiger partial charge in [0, 0.05) is 57.1 Å². The van der Waals surface area contributed by atoms with E-state index in [0.717, 1.165) is 57.9 Å². The van der Waals surface area contributed by atoms with Crippen molar-refractivity contribution in [3.05, 3.63) is 34.7 Å². The highest BCUT2D eigenvalue weighted by atomic mass is 127. The van der Waals surface area contributed by atoms with Crippen molar-refractivity contribution in [2.24, 2.45) is 4.99 Å². The number of nitrogens with one attached hydrogen (secondary N) is 2. The van der Waals surface area contributed by atoms with Gasteiger partial charge >= 0.3 is 0 Å². The van der Waals surface area contributed by atoms with Gasteiger partial charge in [-0.3, -0.25) is 14.7 Å².